The van der Waals surface area contributed by atoms with Crippen molar-refractivity contribution in [2.75, 3.05) is 26.2 Å². The number of hydrogen-bond acceptors (Lipinski definition) is 8. The average Bonchev–Trinajstić information content (AvgIpc) is 3.49. The maximum atomic E-state index is 4.43. The van der Waals surface area contributed by atoms with Crippen LogP contribution in [0.1, 0.15) is 14.0 Å². The molecule has 32 heavy (non-hydrogen) atoms. The molecule has 2 aliphatic heterocycles. The molecule has 0 fully saturated rings. The quantitative estimate of drug-likeness (QED) is 0.177. The van der Waals surface area contributed by atoms with Crippen LogP contribution in [0, 0.1) is 0 Å². The minimum atomic E-state index is 0. The van der Waals surface area contributed by atoms with Gasteiger partial charge in [-0.25, -0.2) is 20.8 Å². The lowest BCUT2D eigenvalue weighted by Gasteiger charge is -2.12. The van der Waals surface area contributed by atoms with Crippen LogP contribution in [0.15, 0.2) is 68.7 Å². The first-order valence-electron chi connectivity index (χ1n) is 9.98. The normalized spacial score (nSPS) is 15.1. The summed E-state index contributed by atoms with van der Waals surface area (Å²) in [5.74, 6) is 1.41. The Kier molecular flexibility index (Phi) is 7.86. The highest BCUT2D eigenvalue weighted by molar-refractivity contribution is 6.21. The van der Waals surface area contributed by atoms with Gasteiger partial charge in [0.2, 0.25) is 11.9 Å². The second kappa shape index (κ2) is 10.8. The lowest BCUT2D eigenvalue weighted by molar-refractivity contribution is -0.00100. The van der Waals surface area contributed by atoms with E-state index in [-0.39, 0.29) is 27.7 Å². The molecule has 0 radical (unpaired) electrons. The molecule has 8 nitrogen and oxygen atoms in total. The fourth-order valence-corrected chi connectivity index (χ4v) is 3.74. The molecule has 0 spiro atoms. The lowest BCUT2D eigenvalue weighted by atomic mass is 9.92. The van der Waals surface area contributed by atoms with Gasteiger partial charge in [0.05, 0.1) is 25.5 Å². The molecule has 0 saturated carbocycles. The van der Waals surface area contributed by atoms with Crippen molar-refractivity contribution in [2.45, 2.75) is 0 Å². The standard InChI is InChI=1S/C22H22N8.2ClH/c1-2-6-16-15(5-1)19(13-27-29-21-23-9-10-24-21)17-7-3-4-8-18(17)20(16)14-28-30-22-25-11-12-26-22;;/h1-8,13-14H,9-12H2,(H2,23,24,29)(H2,25,26,30);2*1H/b27-13-,28-14-;;. The average molecular weight is 471 g/mol. The molecule has 0 bridgehead atoms. The molecule has 166 valence electrons. The maximum absolute atomic E-state index is 4.43. The Bertz CT molecular complexity index is 1080. The Hall–Kier alpha value is -3.36. The van der Waals surface area contributed by atoms with E-state index in [1.165, 1.54) is 0 Å². The van der Waals surface area contributed by atoms with Gasteiger partial charge in [0, 0.05) is 24.2 Å². The summed E-state index contributed by atoms with van der Waals surface area (Å²) < 4.78 is 0. The van der Waals surface area contributed by atoms with Crippen molar-refractivity contribution in [1.29, 1.82) is 0 Å². The van der Waals surface area contributed by atoms with E-state index >= 15 is 0 Å². The van der Waals surface area contributed by atoms with Crippen molar-refractivity contribution in [2.24, 2.45) is 20.2 Å². The molecular weight excluding hydrogens is 447 g/mol. The summed E-state index contributed by atoms with van der Waals surface area (Å²) in [6, 6.07) is 16.6. The molecule has 10 heteroatoms. The zero-order valence-corrected chi connectivity index (χ0v) is 18.7. The van der Waals surface area contributed by atoms with Crippen LogP contribution < -0.4 is 46.3 Å². The van der Waals surface area contributed by atoms with Gasteiger partial charge in [-0.3, -0.25) is 0 Å². The van der Waals surface area contributed by atoms with Crippen LogP contribution in [-0.4, -0.2) is 50.5 Å². The van der Waals surface area contributed by atoms with Crippen molar-refractivity contribution in [3.63, 3.8) is 0 Å². The highest BCUT2D eigenvalue weighted by Gasteiger charge is 2.12. The summed E-state index contributed by atoms with van der Waals surface area (Å²) in [6.45, 7) is 3.23. The number of hydrogen-bond donors (Lipinski definition) is 4. The van der Waals surface area contributed by atoms with Crippen molar-refractivity contribution in [3.05, 3.63) is 59.7 Å². The molecular formula is C22H24Cl2N8. The summed E-state index contributed by atoms with van der Waals surface area (Å²) in [5.41, 5.74) is 8.09. The summed E-state index contributed by atoms with van der Waals surface area (Å²) in [7, 11) is 0. The zero-order chi connectivity index (χ0) is 20.2. The minimum Gasteiger partial charge on any atom is -1.00 e. The second-order valence-corrected chi connectivity index (χ2v) is 6.97. The van der Waals surface area contributed by atoms with E-state index in [9.17, 15) is 0 Å². The highest BCUT2D eigenvalue weighted by Crippen LogP contribution is 2.31. The molecule has 2 aliphatic rings. The first-order chi connectivity index (χ1) is 14.9. The molecule has 0 saturated heterocycles. The van der Waals surface area contributed by atoms with Crippen molar-refractivity contribution < 1.29 is 27.7 Å². The second-order valence-electron chi connectivity index (χ2n) is 6.97. The lowest BCUT2D eigenvalue weighted by Crippen LogP contribution is -3.00. The van der Waals surface area contributed by atoms with Gasteiger partial charge < -0.3 is 35.4 Å². The van der Waals surface area contributed by atoms with Crippen molar-refractivity contribution in [3.8, 4) is 0 Å². The number of benzene rings is 3. The Balaban J connectivity index is 0.00000144. The van der Waals surface area contributed by atoms with Gasteiger partial charge in [0.25, 0.3) is 0 Å². The third kappa shape index (κ3) is 4.76. The number of nitrogens with zero attached hydrogens (tertiary/aromatic N) is 4. The summed E-state index contributed by atoms with van der Waals surface area (Å²) in [6.07, 6.45) is 3.73. The van der Waals surface area contributed by atoms with E-state index in [1.807, 2.05) is 36.7 Å². The molecule has 0 aromatic heterocycles. The molecule has 5 rings (SSSR count). The van der Waals surface area contributed by atoms with Crippen molar-refractivity contribution in [1.82, 2.24) is 21.5 Å². The third-order valence-corrected chi connectivity index (χ3v) is 5.09. The largest absolute Gasteiger partial charge is 1.00 e. The number of fused-ring (bicyclic) bond motifs is 2. The highest BCUT2D eigenvalue weighted by atomic mass is 35.5. The molecule has 4 N–H and O–H groups in total. The van der Waals surface area contributed by atoms with E-state index in [0.29, 0.717) is 11.9 Å². The van der Waals surface area contributed by atoms with E-state index in [4.69, 9.17) is 0 Å². The molecule has 3 aromatic carbocycles. The van der Waals surface area contributed by atoms with E-state index in [2.05, 4.69) is 65.9 Å². The summed E-state index contributed by atoms with van der Waals surface area (Å²) in [5, 5.41) is 19.6. The predicted octanol–water partition coefficient (Wildman–Crippen LogP) is -4.01. The number of halogens is 2. The van der Waals surface area contributed by atoms with Gasteiger partial charge in [0.1, 0.15) is 0 Å². The Labute approximate surface area is 201 Å². The van der Waals surface area contributed by atoms with Crippen LogP contribution in [0.4, 0.5) is 0 Å². The van der Waals surface area contributed by atoms with E-state index in [1.54, 1.807) is 0 Å². The molecule has 0 amide bonds. The topological polar surface area (TPSA) is 97.6 Å². The minimum absolute atomic E-state index is 0. The van der Waals surface area contributed by atoms with Crippen LogP contribution in [0.25, 0.3) is 21.5 Å². The number of nitrogens with one attached hydrogen (secondary N) is 4. The van der Waals surface area contributed by atoms with Gasteiger partial charge in [0.15, 0.2) is 0 Å². The number of hydrazone groups is 2. The van der Waals surface area contributed by atoms with E-state index < -0.39 is 0 Å². The smallest absolute Gasteiger partial charge is 1.00 e. The van der Waals surface area contributed by atoms with Crippen LogP contribution in [-0.2, 0) is 0 Å². The van der Waals surface area contributed by atoms with E-state index in [0.717, 1.165) is 58.9 Å². The van der Waals surface area contributed by atoms with Gasteiger partial charge in [-0.1, -0.05) is 48.5 Å². The number of guanidine groups is 2. The van der Waals surface area contributed by atoms with Crippen LogP contribution in [0.2, 0.25) is 0 Å². The van der Waals surface area contributed by atoms with Gasteiger partial charge in [-0.2, -0.15) is 10.2 Å². The third-order valence-electron chi connectivity index (χ3n) is 5.09. The summed E-state index contributed by atoms with van der Waals surface area (Å²) >= 11 is 0. The monoisotopic (exact) mass is 470 g/mol. The first-order valence-corrected chi connectivity index (χ1v) is 9.98. The van der Waals surface area contributed by atoms with Gasteiger partial charge in [-0.05, 0) is 21.5 Å². The van der Waals surface area contributed by atoms with Crippen LogP contribution in [0.3, 0.4) is 0 Å². The molecule has 2 heterocycles. The maximum Gasteiger partial charge on any atom is 1.00 e. The van der Waals surface area contributed by atoms with Crippen LogP contribution in [0.5, 0.6) is 0 Å². The Morgan fingerprint density at radius 3 is 1.38 bits per heavy atom. The number of aliphatic imine (C=N–C) groups is 2. The molecule has 0 atom stereocenters. The fourth-order valence-electron chi connectivity index (χ4n) is 3.74. The molecule has 3 aromatic rings. The first kappa shape index (κ1) is 23.3. The zero-order valence-electron chi connectivity index (χ0n) is 19.1. The van der Waals surface area contributed by atoms with Crippen molar-refractivity contribution >= 4 is 45.9 Å². The summed E-state index contributed by atoms with van der Waals surface area (Å²) in [4.78, 5) is 8.63. The molecule has 0 aliphatic carbocycles. The van der Waals surface area contributed by atoms with Gasteiger partial charge >= 0.3 is 2.85 Å². The van der Waals surface area contributed by atoms with Gasteiger partial charge in [-0.15, -0.1) is 0 Å². The predicted molar refractivity (Wildman–Crippen MR) is 126 cm³/mol. The SMILES string of the molecule is C(=N/NC1=NCCN1)/c1c2ccccc2c(/C=N\NC2=NCCN2)c2ccccc12.[Cl-].[Cl-].[H+].[H+]. The fraction of sp³-hybridized carbons (Fsp3) is 0.182. The Morgan fingerprint density at radius 1 is 0.688 bits per heavy atom. The number of rotatable bonds is 4. The Morgan fingerprint density at radius 2 is 1.06 bits per heavy atom. The molecule has 0 unspecified atom stereocenters. The van der Waals surface area contributed by atoms with Crippen LogP contribution >= 0.6 is 0 Å².